The fourth-order valence-electron chi connectivity index (χ4n) is 3.40. The summed E-state index contributed by atoms with van der Waals surface area (Å²) in [6, 6.07) is 13.5. The lowest BCUT2D eigenvalue weighted by atomic mass is 9.90. The summed E-state index contributed by atoms with van der Waals surface area (Å²) in [4.78, 5) is 18.8. The van der Waals surface area contributed by atoms with Gasteiger partial charge in [-0.1, -0.05) is 23.7 Å². The Bertz CT molecular complexity index is 892. The Labute approximate surface area is 157 Å². The summed E-state index contributed by atoms with van der Waals surface area (Å²) >= 11 is 5.95. The number of rotatable bonds is 4. The number of halogens is 1. The van der Waals surface area contributed by atoms with Crippen LogP contribution in [0.15, 0.2) is 54.9 Å². The number of hydrogen-bond donors (Lipinski definition) is 1. The zero-order chi connectivity index (χ0) is 17.9. The van der Waals surface area contributed by atoms with Gasteiger partial charge in [-0.15, -0.1) is 0 Å². The second-order valence-electron chi connectivity index (χ2n) is 6.54. The van der Waals surface area contributed by atoms with Crippen molar-refractivity contribution in [3.63, 3.8) is 0 Å². The molecule has 26 heavy (non-hydrogen) atoms. The Morgan fingerprint density at radius 3 is 2.69 bits per heavy atom. The van der Waals surface area contributed by atoms with Crippen molar-refractivity contribution in [3.05, 3.63) is 65.4 Å². The lowest BCUT2D eigenvalue weighted by molar-refractivity contribution is -0.123. The van der Waals surface area contributed by atoms with Crippen LogP contribution in [0, 0.1) is 5.92 Å². The standard InChI is InChI=1S/C20H19ClN4O/c21-17-5-3-14(4-6-17)12-16-2-1-11-25(20(16)26)19-13-18(23-24-19)15-7-9-22-10-8-15/h3-10,13,16H,1-2,11-12H2,(H,23,24). The van der Waals surface area contributed by atoms with E-state index >= 15 is 0 Å². The Kier molecular flexibility index (Phi) is 4.71. The van der Waals surface area contributed by atoms with Crippen LogP contribution in [0.4, 0.5) is 5.82 Å². The monoisotopic (exact) mass is 366 g/mol. The van der Waals surface area contributed by atoms with Crippen molar-refractivity contribution in [3.8, 4) is 11.3 Å². The topological polar surface area (TPSA) is 61.9 Å². The molecule has 0 spiro atoms. The highest BCUT2D eigenvalue weighted by molar-refractivity contribution is 6.30. The lowest BCUT2D eigenvalue weighted by Gasteiger charge is -2.30. The zero-order valence-corrected chi connectivity index (χ0v) is 15.0. The first-order chi connectivity index (χ1) is 12.7. The van der Waals surface area contributed by atoms with Gasteiger partial charge in [-0.2, -0.15) is 5.10 Å². The number of nitrogens with one attached hydrogen (secondary N) is 1. The number of hydrogen-bond acceptors (Lipinski definition) is 3. The van der Waals surface area contributed by atoms with Crippen LogP contribution in [0.2, 0.25) is 5.02 Å². The number of nitrogens with zero attached hydrogens (tertiary/aromatic N) is 3. The van der Waals surface area contributed by atoms with Gasteiger partial charge in [0.2, 0.25) is 5.91 Å². The molecule has 3 aromatic rings. The van der Waals surface area contributed by atoms with Crippen LogP contribution in [-0.2, 0) is 11.2 Å². The molecule has 4 rings (SSSR count). The maximum Gasteiger partial charge on any atom is 0.231 e. The van der Waals surface area contributed by atoms with E-state index < -0.39 is 0 Å². The summed E-state index contributed by atoms with van der Waals surface area (Å²) in [6.07, 6.45) is 6.09. The Hall–Kier alpha value is -2.66. The zero-order valence-electron chi connectivity index (χ0n) is 14.2. The number of carbonyl (C=O) groups excluding carboxylic acids is 1. The molecule has 1 unspecified atom stereocenters. The molecule has 1 saturated heterocycles. The van der Waals surface area contributed by atoms with Gasteiger partial charge < -0.3 is 0 Å². The van der Waals surface area contributed by atoms with Gasteiger partial charge in [0.25, 0.3) is 0 Å². The number of piperidine rings is 1. The minimum Gasteiger partial charge on any atom is -0.295 e. The van der Waals surface area contributed by atoms with Crippen LogP contribution in [0.1, 0.15) is 18.4 Å². The maximum atomic E-state index is 13.0. The molecule has 0 radical (unpaired) electrons. The van der Waals surface area contributed by atoms with E-state index in [1.54, 1.807) is 17.3 Å². The predicted octanol–water partition coefficient (Wildman–Crippen LogP) is 4.11. The maximum absolute atomic E-state index is 13.0. The second-order valence-corrected chi connectivity index (χ2v) is 6.97. The third-order valence-corrected chi connectivity index (χ3v) is 5.03. The molecule has 3 heterocycles. The van der Waals surface area contributed by atoms with E-state index in [2.05, 4.69) is 15.2 Å². The summed E-state index contributed by atoms with van der Waals surface area (Å²) < 4.78 is 0. The number of aromatic nitrogens is 3. The molecular formula is C20H19ClN4O. The summed E-state index contributed by atoms with van der Waals surface area (Å²) in [6.45, 7) is 0.705. The fraction of sp³-hybridized carbons (Fsp3) is 0.250. The van der Waals surface area contributed by atoms with E-state index in [4.69, 9.17) is 11.6 Å². The third kappa shape index (κ3) is 3.48. The molecule has 132 valence electrons. The molecule has 5 nitrogen and oxygen atoms in total. The Balaban J connectivity index is 1.51. The summed E-state index contributed by atoms with van der Waals surface area (Å²) in [5.74, 6) is 0.799. The molecule has 2 aromatic heterocycles. The minimum atomic E-state index is -0.0222. The molecule has 6 heteroatoms. The Morgan fingerprint density at radius 1 is 1.15 bits per heavy atom. The predicted molar refractivity (Wildman–Crippen MR) is 102 cm³/mol. The molecule has 1 aliphatic rings. The highest BCUT2D eigenvalue weighted by Gasteiger charge is 2.31. The van der Waals surface area contributed by atoms with Crippen molar-refractivity contribution in [2.45, 2.75) is 19.3 Å². The van der Waals surface area contributed by atoms with Crippen molar-refractivity contribution < 1.29 is 4.79 Å². The number of pyridine rings is 1. The normalized spacial score (nSPS) is 17.5. The second kappa shape index (κ2) is 7.30. The van der Waals surface area contributed by atoms with E-state index in [1.165, 1.54) is 0 Å². The molecule has 1 aromatic carbocycles. The van der Waals surface area contributed by atoms with Crippen LogP contribution >= 0.6 is 11.6 Å². The molecule has 1 fully saturated rings. The molecule has 1 N–H and O–H groups in total. The molecule has 0 bridgehead atoms. The third-order valence-electron chi connectivity index (χ3n) is 4.78. The molecule has 0 saturated carbocycles. The van der Waals surface area contributed by atoms with Gasteiger partial charge in [0.1, 0.15) is 0 Å². The van der Waals surface area contributed by atoms with Gasteiger partial charge in [0.05, 0.1) is 5.69 Å². The first-order valence-electron chi connectivity index (χ1n) is 8.72. The smallest absolute Gasteiger partial charge is 0.231 e. The van der Waals surface area contributed by atoms with E-state index in [0.29, 0.717) is 17.4 Å². The van der Waals surface area contributed by atoms with Crippen molar-refractivity contribution in [1.29, 1.82) is 0 Å². The minimum absolute atomic E-state index is 0.0222. The van der Waals surface area contributed by atoms with Crippen LogP contribution in [0.3, 0.4) is 0 Å². The van der Waals surface area contributed by atoms with Crippen LogP contribution in [0.25, 0.3) is 11.3 Å². The highest BCUT2D eigenvalue weighted by Crippen LogP contribution is 2.28. The quantitative estimate of drug-likeness (QED) is 0.755. The van der Waals surface area contributed by atoms with Crippen LogP contribution in [0.5, 0.6) is 0 Å². The van der Waals surface area contributed by atoms with E-state index in [0.717, 1.165) is 36.1 Å². The van der Waals surface area contributed by atoms with Crippen molar-refractivity contribution in [1.82, 2.24) is 15.2 Å². The largest absolute Gasteiger partial charge is 0.295 e. The molecule has 1 aliphatic heterocycles. The number of H-pyrrole nitrogens is 1. The number of aromatic amines is 1. The van der Waals surface area contributed by atoms with Gasteiger partial charge in [0, 0.05) is 41.5 Å². The van der Waals surface area contributed by atoms with Crippen molar-refractivity contribution >= 4 is 23.3 Å². The first kappa shape index (κ1) is 16.8. The number of carbonyl (C=O) groups is 1. The molecule has 1 amide bonds. The molecule has 0 aliphatic carbocycles. The van der Waals surface area contributed by atoms with Gasteiger partial charge in [-0.05, 0) is 49.1 Å². The summed E-state index contributed by atoms with van der Waals surface area (Å²) in [5.41, 5.74) is 3.02. The molecular weight excluding hydrogens is 348 g/mol. The fourth-order valence-corrected chi connectivity index (χ4v) is 3.53. The number of anilines is 1. The van der Waals surface area contributed by atoms with Gasteiger partial charge in [-0.25, -0.2) is 0 Å². The summed E-state index contributed by atoms with van der Waals surface area (Å²) in [5, 5.41) is 8.10. The van der Waals surface area contributed by atoms with E-state index in [1.807, 2.05) is 42.5 Å². The highest BCUT2D eigenvalue weighted by atomic mass is 35.5. The SMILES string of the molecule is O=C1C(Cc2ccc(Cl)cc2)CCCN1c1cc(-c2ccncc2)[nH]n1. The Morgan fingerprint density at radius 2 is 1.92 bits per heavy atom. The first-order valence-corrected chi connectivity index (χ1v) is 9.10. The van der Waals surface area contributed by atoms with E-state index in [9.17, 15) is 4.79 Å². The lowest BCUT2D eigenvalue weighted by Crippen LogP contribution is -2.42. The van der Waals surface area contributed by atoms with Crippen LogP contribution in [-0.4, -0.2) is 27.6 Å². The van der Waals surface area contributed by atoms with Gasteiger partial charge in [0.15, 0.2) is 5.82 Å². The van der Waals surface area contributed by atoms with Gasteiger partial charge in [-0.3, -0.25) is 19.8 Å². The van der Waals surface area contributed by atoms with Gasteiger partial charge >= 0.3 is 0 Å². The summed E-state index contributed by atoms with van der Waals surface area (Å²) in [7, 11) is 0. The number of amides is 1. The molecule has 1 atom stereocenters. The van der Waals surface area contributed by atoms with Crippen molar-refractivity contribution in [2.24, 2.45) is 5.92 Å². The number of benzene rings is 1. The van der Waals surface area contributed by atoms with Crippen LogP contribution < -0.4 is 4.90 Å². The average molecular weight is 367 g/mol. The van der Waals surface area contributed by atoms with Crippen molar-refractivity contribution in [2.75, 3.05) is 11.4 Å². The average Bonchev–Trinajstić information content (AvgIpc) is 3.16. The van der Waals surface area contributed by atoms with E-state index in [-0.39, 0.29) is 11.8 Å².